The Morgan fingerprint density at radius 3 is 2.64 bits per heavy atom. The molecule has 1 amide bonds. The first kappa shape index (κ1) is 18.3. The van der Waals surface area contributed by atoms with Crippen molar-refractivity contribution in [3.63, 3.8) is 0 Å². The molecule has 4 nitrogen and oxygen atoms in total. The Kier molecular flexibility index (Phi) is 6.43. The van der Waals surface area contributed by atoms with Gasteiger partial charge in [-0.15, -0.1) is 0 Å². The number of nitrogens with zero attached hydrogens (tertiary/aromatic N) is 2. The molecule has 0 bridgehead atoms. The van der Waals surface area contributed by atoms with Crippen LogP contribution in [-0.2, 0) is 11.2 Å². The van der Waals surface area contributed by atoms with Gasteiger partial charge in [-0.25, -0.2) is 4.39 Å². The SMILES string of the molecule is O=C(CCc1cccc(F)c1)N1C[C@@H](CO)[C@@H](CN2CCCCC2)C1. The average Bonchev–Trinajstić information content (AvgIpc) is 3.03. The molecule has 2 saturated heterocycles. The Morgan fingerprint density at radius 1 is 1.16 bits per heavy atom. The minimum atomic E-state index is -0.256. The summed E-state index contributed by atoms with van der Waals surface area (Å²) in [5.74, 6) is 0.401. The molecule has 0 radical (unpaired) electrons. The summed E-state index contributed by atoms with van der Waals surface area (Å²) in [5.41, 5.74) is 0.858. The predicted molar refractivity (Wildman–Crippen MR) is 95.7 cm³/mol. The Labute approximate surface area is 149 Å². The molecular formula is C20H29FN2O2. The lowest BCUT2D eigenvalue weighted by molar-refractivity contribution is -0.130. The molecule has 5 heteroatoms. The van der Waals surface area contributed by atoms with Crippen LogP contribution in [-0.4, -0.2) is 60.1 Å². The first-order chi connectivity index (χ1) is 12.2. The number of amides is 1. The second kappa shape index (κ2) is 8.77. The van der Waals surface area contributed by atoms with Crippen molar-refractivity contribution in [1.82, 2.24) is 9.80 Å². The number of carbonyl (C=O) groups excluding carboxylic acids is 1. The van der Waals surface area contributed by atoms with Gasteiger partial charge in [0.25, 0.3) is 0 Å². The van der Waals surface area contributed by atoms with Crippen molar-refractivity contribution < 1.29 is 14.3 Å². The highest BCUT2D eigenvalue weighted by atomic mass is 19.1. The highest BCUT2D eigenvalue weighted by Crippen LogP contribution is 2.26. The van der Waals surface area contributed by atoms with E-state index in [2.05, 4.69) is 4.90 Å². The van der Waals surface area contributed by atoms with E-state index in [1.165, 1.54) is 31.4 Å². The highest BCUT2D eigenvalue weighted by Gasteiger charge is 2.35. The van der Waals surface area contributed by atoms with Crippen LogP contribution in [0, 0.1) is 17.7 Å². The van der Waals surface area contributed by atoms with Crippen LogP contribution in [0.3, 0.4) is 0 Å². The topological polar surface area (TPSA) is 43.8 Å². The van der Waals surface area contributed by atoms with Crippen LogP contribution in [0.4, 0.5) is 4.39 Å². The van der Waals surface area contributed by atoms with Gasteiger partial charge in [0.15, 0.2) is 0 Å². The predicted octanol–water partition coefficient (Wildman–Crippen LogP) is 2.31. The molecule has 1 aromatic carbocycles. The Bertz CT molecular complexity index is 575. The van der Waals surface area contributed by atoms with Crippen molar-refractivity contribution in [2.45, 2.75) is 32.1 Å². The van der Waals surface area contributed by atoms with Gasteiger partial charge >= 0.3 is 0 Å². The smallest absolute Gasteiger partial charge is 0.222 e. The van der Waals surface area contributed by atoms with E-state index in [0.717, 1.165) is 31.7 Å². The third kappa shape index (κ3) is 5.02. The van der Waals surface area contributed by atoms with Crippen molar-refractivity contribution in [3.8, 4) is 0 Å². The van der Waals surface area contributed by atoms with E-state index in [1.54, 1.807) is 6.07 Å². The van der Waals surface area contributed by atoms with Crippen LogP contribution in [0.25, 0.3) is 0 Å². The second-order valence-corrected chi connectivity index (χ2v) is 7.49. The maximum atomic E-state index is 13.2. The minimum absolute atomic E-state index is 0.115. The van der Waals surface area contributed by atoms with Gasteiger partial charge in [0.05, 0.1) is 0 Å². The maximum Gasteiger partial charge on any atom is 0.222 e. The molecule has 2 fully saturated rings. The Balaban J connectivity index is 1.50. The van der Waals surface area contributed by atoms with Crippen LogP contribution in [0.2, 0.25) is 0 Å². The fourth-order valence-corrected chi connectivity index (χ4v) is 4.13. The monoisotopic (exact) mass is 348 g/mol. The molecule has 0 spiro atoms. The third-order valence-electron chi connectivity index (χ3n) is 5.62. The zero-order chi connectivity index (χ0) is 17.6. The van der Waals surface area contributed by atoms with Gasteiger partial charge in [-0.2, -0.15) is 0 Å². The minimum Gasteiger partial charge on any atom is -0.396 e. The first-order valence-corrected chi connectivity index (χ1v) is 9.51. The number of aliphatic hydroxyl groups is 1. The lowest BCUT2D eigenvalue weighted by atomic mass is 9.95. The third-order valence-corrected chi connectivity index (χ3v) is 5.62. The zero-order valence-corrected chi connectivity index (χ0v) is 14.9. The molecule has 2 aliphatic heterocycles. The van der Waals surface area contributed by atoms with E-state index in [9.17, 15) is 14.3 Å². The number of halogens is 1. The number of piperidine rings is 1. The fourth-order valence-electron chi connectivity index (χ4n) is 4.13. The van der Waals surface area contributed by atoms with Crippen molar-refractivity contribution in [2.24, 2.45) is 11.8 Å². The first-order valence-electron chi connectivity index (χ1n) is 9.51. The highest BCUT2D eigenvalue weighted by molar-refractivity contribution is 5.76. The van der Waals surface area contributed by atoms with E-state index in [0.29, 0.717) is 25.3 Å². The molecule has 1 N–H and O–H groups in total. The number of aryl methyl sites for hydroxylation is 1. The lowest BCUT2D eigenvalue weighted by Crippen LogP contribution is -2.37. The van der Waals surface area contributed by atoms with Gasteiger partial charge in [-0.3, -0.25) is 4.79 Å². The summed E-state index contributed by atoms with van der Waals surface area (Å²) >= 11 is 0. The molecule has 25 heavy (non-hydrogen) atoms. The van der Waals surface area contributed by atoms with E-state index >= 15 is 0 Å². The summed E-state index contributed by atoms with van der Waals surface area (Å²) in [6.45, 7) is 4.80. The number of carbonyl (C=O) groups is 1. The lowest BCUT2D eigenvalue weighted by Gasteiger charge is -2.30. The van der Waals surface area contributed by atoms with Gasteiger partial charge in [-0.05, 0) is 56.0 Å². The second-order valence-electron chi connectivity index (χ2n) is 7.49. The summed E-state index contributed by atoms with van der Waals surface area (Å²) in [7, 11) is 0. The van der Waals surface area contributed by atoms with E-state index in [1.807, 2.05) is 11.0 Å². The number of rotatable bonds is 6. The standard InChI is InChI=1S/C20H29FN2O2/c21-19-6-4-5-16(11-19)7-8-20(25)23-13-17(18(14-23)15-24)12-22-9-2-1-3-10-22/h4-6,11,17-18,24H,1-3,7-10,12-15H2/t17-,18-/m0/s1. The van der Waals surface area contributed by atoms with E-state index < -0.39 is 0 Å². The quantitative estimate of drug-likeness (QED) is 0.858. The van der Waals surface area contributed by atoms with Crippen LogP contribution in [0.15, 0.2) is 24.3 Å². The summed E-state index contributed by atoms with van der Waals surface area (Å²) in [6, 6.07) is 6.45. The molecule has 3 rings (SSSR count). The molecule has 0 aliphatic carbocycles. The van der Waals surface area contributed by atoms with Crippen molar-refractivity contribution in [1.29, 1.82) is 0 Å². The van der Waals surface area contributed by atoms with Gasteiger partial charge in [-0.1, -0.05) is 18.6 Å². The van der Waals surface area contributed by atoms with E-state index in [4.69, 9.17) is 0 Å². The zero-order valence-electron chi connectivity index (χ0n) is 14.9. The van der Waals surface area contributed by atoms with Crippen molar-refractivity contribution in [3.05, 3.63) is 35.6 Å². The van der Waals surface area contributed by atoms with Crippen LogP contribution < -0.4 is 0 Å². The summed E-state index contributed by atoms with van der Waals surface area (Å²) in [6.07, 6.45) is 4.79. The van der Waals surface area contributed by atoms with Crippen molar-refractivity contribution >= 4 is 5.91 Å². The van der Waals surface area contributed by atoms with Crippen LogP contribution in [0.1, 0.15) is 31.2 Å². The average molecular weight is 348 g/mol. The van der Waals surface area contributed by atoms with Crippen molar-refractivity contribution in [2.75, 3.05) is 39.3 Å². The summed E-state index contributed by atoms with van der Waals surface area (Å²) in [4.78, 5) is 16.9. The fraction of sp³-hybridized carbons (Fsp3) is 0.650. The number of hydrogen-bond donors (Lipinski definition) is 1. The van der Waals surface area contributed by atoms with Gasteiger partial charge < -0.3 is 14.9 Å². The van der Waals surface area contributed by atoms with E-state index in [-0.39, 0.29) is 24.2 Å². The molecule has 138 valence electrons. The molecule has 0 unspecified atom stereocenters. The van der Waals surface area contributed by atoms with Crippen LogP contribution in [0.5, 0.6) is 0 Å². The molecule has 2 atom stereocenters. The molecule has 2 heterocycles. The molecule has 0 saturated carbocycles. The number of benzene rings is 1. The number of likely N-dealkylation sites (tertiary alicyclic amines) is 2. The number of hydrogen-bond acceptors (Lipinski definition) is 3. The van der Waals surface area contributed by atoms with Crippen LogP contribution >= 0.6 is 0 Å². The largest absolute Gasteiger partial charge is 0.396 e. The van der Waals surface area contributed by atoms with Gasteiger partial charge in [0.2, 0.25) is 5.91 Å². The normalized spacial score (nSPS) is 24.6. The molecule has 2 aliphatic rings. The summed E-state index contributed by atoms with van der Waals surface area (Å²) in [5, 5.41) is 9.71. The van der Waals surface area contributed by atoms with Gasteiger partial charge in [0.1, 0.15) is 5.82 Å². The molecular weight excluding hydrogens is 319 g/mol. The van der Waals surface area contributed by atoms with Gasteiger partial charge in [0, 0.05) is 38.6 Å². The Hall–Kier alpha value is -1.46. The Morgan fingerprint density at radius 2 is 1.92 bits per heavy atom. The maximum absolute atomic E-state index is 13.2. The summed E-state index contributed by atoms with van der Waals surface area (Å²) < 4.78 is 13.2. The molecule has 1 aromatic rings. The molecule has 0 aromatic heterocycles. The number of aliphatic hydroxyl groups excluding tert-OH is 1.